The molecule has 5 rings (SSSR count). The molecule has 10 heteroatoms. The van der Waals surface area contributed by atoms with Gasteiger partial charge in [0.15, 0.2) is 11.5 Å². The van der Waals surface area contributed by atoms with Gasteiger partial charge in [0.05, 0.1) is 25.2 Å². The lowest BCUT2D eigenvalue weighted by Gasteiger charge is -2.37. The molecule has 36 heavy (non-hydrogen) atoms. The molecule has 3 N–H and O–H groups in total. The fourth-order valence-electron chi connectivity index (χ4n) is 4.58. The molecule has 0 radical (unpaired) electrons. The van der Waals surface area contributed by atoms with Crippen LogP contribution in [0.3, 0.4) is 0 Å². The van der Waals surface area contributed by atoms with E-state index in [-0.39, 0.29) is 25.7 Å². The molecule has 0 aromatic heterocycles. The third kappa shape index (κ3) is 5.55. The molecule has 190 valence electrons. The van der Waals surface area contributed by atoms with Gasteiger partial charge >= 0.3 is 6.03 Å². The van der Waals surface area contributed by atoms with Crippen LogP contribution in [0.4, 0.5) is 16.2 Å². The summed E-state index contributed by atoms with van der Waals surface area (Å²) in [5.74, 6) is 1.21. The number of para-hydroxylation sites is 1. The Balaban J connectivity index is 1.11. The first-order valence-electron chi connectivity index (χ1n) is 12.1. The van der Waals surface area contributed by atoms with E-state index in [1.165, 1.54) is 0 Å². The zero-order valence-corrected chi connectivity index (χ0v) is 19.8. The summed E-state index contributed by atoms with van der Waals surface area (Å²) in [5.41, 5.74) is 1.71. The molecule has 3 amide bonds. The Hall–Kier alpha value is -3.76. The molecule has 0 spiro atoms. The van der Waals surface area contributed by atoms with Crippen LogP contribution in [0.5, 0.6) is 11.5 Å². The topological polar surface area (TPSA) is 113 Å². The standard InChI is InChI=1S/C26H30N4O6/c31-16-24-21(28-26(33)27-18-6-9-22-23(14-18)35-17-34-22)8-7-20(36-24)15-25(32)30-12-10-29(11-13-30)19-4-2-1-3-5-19/h1-9,14,20-21,24,31H,10-13,15-17H2,(H2,27,28,33)/t20-,21+,24-/m1/s1. The molecule has 2 aromatic rings. The highest BCUT2D eigenvalue weighted by atomic mass is 16.7. The number of hydrogen-bond acceptors (Lipinski definition) is 7. The second-order valence-corrected chi connectivity index (χ2v) is 8.88. The van der Waals surface area contributed by atoms with Gasteiger partial charge < -0.3 is 39.8 Å². The first-order chi connectivity index (χ1) is 17.6. The summed E-state index contributed by atoms with van der Waals surface area (Å²) >= 11 is 0. The summed E-state index contributed by atoms with van der Waals surface area (Å²) in [7, 11) is 0. The van der Waals surface area contributed by atoms with Gasteiger partial charge in [0.2, 0.25) is 12.7 Å². The van der Waals surface area contributed by atoms with Crippen LogP contribution in [0.2, 0.25) is 0 Å². The number of fused-ring (bicyclic) bond motifs is 1. The van der Waals surface area contributed by atoms with E-state index in [0.29, 0.717) is 30.3 Å². The Morgan fingerprint density at radius 1 is 0.972 bits per heavy atom. The Bertz CT molecular complexity index is 1100. The van der Waals surface area contributed by atoms with Crippen LogP contribution in [-0.4, -0.2) is 79.8 Å². The number of carbonyl (C=O) groups is 2. The highest BCUT2D eigenvalue weighted by molar-refractivity contribution is 5.90. The van der Waals surface area contributed by atoms with Crippen LogP contribution in [0.1, 0.15) is 6.42 Å². The number of aliphatic hydroxyl groups is 1. The number of aliphatic hydroxyl groups excluding tert-OH is 1. The second-order valence-electron chi connectivity index (χ2n) is 8.88. The summed E-state index contributed by atoms with van der Waals surface area (Å²) in [6, 6.07) is 14.3. The minimum Gasteiger partial charge on any atom is -0.454 e. The summed E-state index contributed by atoms with van der Waals surface area (Å²) in [4.78, 5) is 29.5. The summed E-state index contributed by atoms with van der Waals surface area (Å²) in [5, 5.41) is 15.4. The van der Waals surface area contributed by atoms with Crippen LogP contribution in [0.25, 0.3) is 0 Å². The van der Waals surface area contributed by atoms with Crippen molar-refractivity contribution in [1.29, 1.82) is 0 Å². The number of nitrogens with one attached hydrogen (secondary N) is 2. The largest absolute Gasteiger partial charge is 0.454 e. The van der Waals surface area contributed by atoms with Crippen molar-refractivity contribution < 1.29 is 28.9 Å². The van der Waals surface area contributed by atoms with Crippen LogP contribution in [0.15, 0.2) is 60.7 Å². The van der Waals surface area contributed by atoms with Crippen molar-refractivity contribution in [1.82, 2.24) is 10.2 Å². The van der Waals surface area contributed by atoms with Gasteiger partial charge in [-0.1, -0.05) is 30.4 Å². The zero-order valence-electron chi connectivity index (χ0n) is 19.8. The Labute approximate surface area is 209 Å². The minimum absolute atomic E-state index is 0.0148. The smallest absolute Gasteiger partial charge is 0.319 e. The van der Waals surface area contributed by atoms with Crippen LogP contribution < -0.4 is 25.0 Å². The van der Waals surface area contributed by atoms with E-state index in [4.69, 9.17) is 14.2 Å². The lowest BCUT2D eigenvalue weighted by atomic mass is 10.0. The Kier molecular flexibility index (Phi) is 7.24. The van der Waals surface area contributed by atoms with E-state index < -0.39 is 24.3 Å². The maximum absolute atomic E-state index is 12.9. The fraction of sp³-hybridized carbons (Fsp3) is 0.385. The molecular weight excluding hydrogens is 464 g/mol. The molecule has 1 saturated heterocycles. The molecule has 10 nitrogen and oxygen atoms in total. The van der Waals surface area contributed by atoms with Gasteiger partial charge in [-0.15, -0.1) is 0 Å². The molecule has 3 atom stereocenters. The Morgan fingerprint density at radius 2 is 1.75 bits per heavy atom. The first kappa shape index (κ1) is 24.0. The molecule has 3 aliphatic heterocycles. The summed E-state index contributed by atoms with van der Waals surface area (Å²) < 4.78 is 16.5. The van der Waals surface area contributed by atoms with Crippen LogP contribution in [0, 0.1) is 0 Å². The second kappa shape index (κ2) is 10.9. The highest BCUT2D eigenvalue weighted by Gasteiger charge is 2.31. The van der Waals surface area contributed by atoms with Crippen LogP contribution in [-0.2, 0) is 9.53 Å². The van der Waals surface area contributed by atoms with Crippen molar-refractivity contribution in [2.24, 2.45) is 0 Å². The number of anilines is 2. The number of ether oxygens (including phenoxy) is 3. The molecule has 0 unspecified atom stereocenters. The van der Waals surface area contributed by atoms with E-state index in [9.17, 15) is 14.7 Å². The average Bonchev–Trinajstić information content (AvgIpc) is 3.38. The van der Waals surface area contributed by atoms with Crippen molar-refractivity contribution in [2.75, 3.05) is 49.8 Å². The molecule has 0 aliphatic carbocycles. The van der Waals surface area contributed by atoms with Crippen molar-refractivity contribution >= 4 is 23.3 Å². The summed E-state index contributed by atoms with van der Waals surface area (Å²) in [6.45, 7) is 2.72. The van der Waals surface area contributed by atoms with Crippen molar-refractivity contribution in [3.05, 3.63) is 60.7 Å². The van der Waals surface area contributed by atoms with Gasteiger partial charge in [-0.3, -0.25) is 4.79 Å². The number of hydrogen-bond donors (Lipinski definition) is 3. The quantitative estimate of drug-likeness (QED) is 0.527. The highest BCUT2D eigenvalue weighted by Crippen LogP contribution is 2.34. The van der Waals surface area contributed by atoms with Gasteiger partial charge in [-0.05, 0) is 24.3 Å². The number of amides is 3. The van der Waals surface area contributed by atoms with Crippen LogP contribution >= 0.6 is 0 Å². The number of piperazine rings is 1. The third-order valence-electron chi connectivity index (χ3n) is 6.52. The van der Waals surface area contributed by atoms with Gasteiger partial charge in [0.25, 0.3) is 0 Å². The molecule has 0 saturated carbocycles. The Morgan fingerprint density at radius 3 is 2.53 bits per heavy atom. The van der Waals surface area contributed by atoms with E-state index in [1.807, 2.05) is 23.1 Å². The number of rotatable bonds is 6. The lowest BCUT2D eigenvalue weighted by molar-refractivity contribution is -0.135. The van der Waals surface area contributed by atoms with E-state index >= 15 is 0 Å². The third-order valence-corrected chi connectivity index (χ3v) is 6.52. The summed E-state index contributed by atoms with van der Waals surface area (Å²) in [6.07, 6.45) is 2.61. The zero-order chi connectivity index (χ0) is 24.9. The molecule has 3 aliphatic rings. The number of urea groups is 1. The maximum Gasteiger partial charge on any atom is 0.319 e. The van der Waals surface area contributed by atoms with Gasteiger partial charge in [-0.25, -0.2) is 4.79 Å². The molecule has 1 fully saturated rings. The first-order valence-corrected chi connectivity index (χ1v) is 12.1. The molecule has 2 aromatic carbocycles. The van der Waals surface area contributed by atoms with Crippen molar-refractivity contribution in [2.45, 2.75) is 24.7 Å². The fourth-order valence-corrected chi connectivity index (χ4v) is 4.58. The normalized spacial score (nSPS) is 22.9. The molecular formula is C26H30N4O6. The van der Waals surface area contributed by atoms with Gasteiger partial charge in [0, 0.05) is 43.6 Å². The number of carbonyl (C=O) groups excluding carboxylic acids is 2. The molecule has 0 bridgehead atoms. The lowest BCUT2D eigenvalue weighted by Crippen LogP contribution is -2.51. The number of benzene rings is 2. The predicted octanol–water partition coefficient (Wildman–Crippen LogP) is 1.96. The van der Waals surface area contributed by atoms with E-state index in [1.54, 1.807) is 30.4 Å². The van der Waals surface area contributed by atoms with Crippen molar-refractivity contribution in [3.8, 4) is 11.5 Å². The monoisotopic (exact) mass is 494 g/mol. The van der Waals surface area contributed by atoms with E-state index in [2.05, 4.69) is 27.7 Å². The predicted molar refractivity (Wildman–Crippen MR) is 133 cm³/mol. The van der Waals surface area contributed by atoms with Gasteiger partial charge in [-0.2, -0.15) is 0 Å². The SMILES string of the molecule is O=C(Nc1ccc2c(c1)OCO2)N[C@H]1C=C[C@H](CC(=O)N2CCN(c3ccccc3)CC2)O[C@@H]1CO. The average molecular weight is 495 g/mol. The molecule has 3 heterocycles. The maximum atomic E-state index is 12.9. The van der Waals surface area contributed by atoms with Gasteiger partial charge in [0.1, 0.15) is 6.10 Å². The van der Waals surface area contributed by atoms with Crippen molar-refractivity contribution in [3.63, 3.8) is 0 Å². The van der Waals surface area contributed by atoms with E-state index in [0.717, 1.165) is 18.8 Å². The number of nitrogens with zero attached hydrogens (tertiary/aromatic N) is 2. The minimum atomic E-state index is -0.662.